The first-order valence-electron chi connectivity index (χ1n) is 7.70. The summed E-state index contributed by atoms with van der Waals surface area (Å²) in [6, 6.07) is 6.73. The van der Waals surface area contributed by atoms with Crippen LogP contribution in [0.3, 0.4) is 0 Å². The molecule has 0 saturated heterocycles. The number of primary amides is 1. The number of carbonyl (C=O) groups excluding carboxylic acids is 2. The summed E-state index contributed by atoms with van der Waals surface area (Å²) >= 11 is 14.7. The Labute approximate surface area is 173 Å². The second kappa shape index (κ2) is 8.35. The molecule has 6 nitrogen and oxygen atoms in total. The Balaban J connectivity index is 1.66. The van der Waals surface area contributed by atoms with Crippen molar-refractivity contribution in [3.63, 3.8) is 0 Å². The standard InChI is InChI=1S/C17H14Cl2N4O2S2/c1-8(27-14-5-10(18)2-3-11(14)19)16(25)23-17-22-13(7-26-17)9-4-12(15(20)24)21-6-9/h2-8,21H,1H3,(H2,20,24)(H,22,23,25). The number of rotatable bonds is 6. The van der Waals surface area contributed by atoms with E-state index in [1.54, 1.807) is 42.8 Å². The first kappa shape index (κ1) is 19.8. The minimum Gasteiger partial charge on any atom is -0.364 e. The molecule has 3 aromatic rings. The molecule has 0 bridgehead atoms. The van der Waals surface area contributed by atoms with Crippen LogP contribution in [-0.4, -0.2) is 27.0 Å². The number of aromatic amines is 1. The van der Waals surface area contributed by atoms with Crippen LogP contribution in [0.4, 0.5) is 5.13 Å². The Hall–Kier alpha value is -2.00. The molecule has 2 heterocycles. The van der Waals surface area contributed by atoms with Gasteiger partial charge in [0.1, 0.15) is 5.69 Å². The molecular weight excluding hydrogens is 427 g/mol. The Morgan fingerprint density at radius 3 is 2.81 bits per heavy atom. The number of thioether (sulfide) groups is 1. The first-order valence-corrected chi connectivity index (χ1v) is 10.2. The van der Waals surface area contributed by atoms with Gasteiger partial charge in [0.25, 0.3) is 5.91 Å². The Morgan fingerprint density at radius 2 is 2.11 bits per heavy atom. The smallest absolute Gasteiger partial charge is 0.265 e. The van der Waals surface area contributed by atoms with Crippen molar-refractivity contribution in [1.29, 1.82) is 0 Å². The van der Waals surface area contributed by atoms with Gasteiger partial charge in [0.05, 0.1) is 16.0 Å². The number of aromatic nitrogens is 2. The maximum atomic E-state index is 12.4. The van der Waals surface area contributed by atoms with Crippen molar-refractivity contribution in [2.75, 3.05) is 5.32 Å². The maximum absolute atomic E-state index is 12.4. The van der Waals surface area contributed by atoms with E-state index < -0.39 is 11.2 Å². The number of thiazole rings is 1. The molecule has 2 aromatic heterocycles. The van der Waals surface area contributed by atoms with Crippen molar-refractivity contribution >= 4 is 63.2 Å². The fourth-order valence-corrected chi connectivity index (χ4v) is 4.30. The summed E-state index contributed by atoms with van der Waals surface area (Å²) in [6.45, 7) is 1.77. The first-order chi connectivity index (χ1) is 12.8. The summed E-state index contributed by atoms with van der Waals surface area (Å²) in [5, 5.41) is 5.73. The average molecular weight is 441 g/mol. The number of benzene rings is 1. The number of amides is 2. The van der Waals surface area contributed by atoms with Crippen LogP contribution in [0.25, 0.3) is 11.3 Å². The van der Waals surface area contributed by atoms with E-state index in [0.717, 1.165) is 4.90 Å². The summed E-state index contributed by atoms with van der Waals surface area (Å²) in [5.41, 5.74) is 6.88. The van der Waals surface area contributed by atoms with E-state index in [1.165, 1.54) is 23.1 Å². The minimum atomic E-state index is -0.546. The van der Waals surface area contributed by atoms with E-state index in [-0.39, 0.29) is 5.91 Å². The number of nitrogens with zero attached hydrogens (tertiary/aromatic N) is 1. The lowest BCUT2D eigenvalue weighted by atomic mass is 10.2. The summed E-state index contributed by atoms with van der Waals surface area (Å²) < 4.78 is 0. The largest absolute Gasteiger partial charge is 0.364 e. The minimum absolute atomic E-state index is 0.205. The van der Waals surface area contributed by atoms with Crippen LogP contribution in [-0.2, 0) is 4.79 Å². The zero-order valence-corrected chi connectivity index (χ0v) is 17.1. The highest BCUT2D eigenvalue weighted by atomic mass is 35.5. The van der Waals surface area contributed by atoms with Gasteiger partial charge >= 0.3 is 0 Å². The normalized spacial score (nSPS) is 12.0. The highest BCUT2D eigenvalue weighted by molar-refractivity contribution is 8.00. The lowest BCUT2D eigenvalue weighted by Gasteiger charge is -2.11. The second-order valence-electron chi connectivity index (χ2n) is 5.53. The Morgan fingerprint density at radius 1 is 1.33 bits per heavy atom. The average Bonchev–Trinajstić information content (AvgIpc) is 3.27. The third-order valence-electron chi connectivity index (χ3n) is 3.54. The van der Waals surface area contributed by atoms with Crippen molar-refractivity contribution in [2.24, 2.45) is 5.73 Å². The number of H-pyrrole nitrogens is 1. The third kappa shape index (κ3) is 4.84. The summed E-state index contributed by atoms with van der Waals surface area (Å²) in [7, 11) is 0. The van der Waals surface area contributed by atoms with Gasteiger partial charge in [0, 0.05) is 27.1 Å². The van der Waals surface area contributed by atoms with Crippen LogP contribution < -0.4 is 11.1 Å². The number of hydrogen-bond donors (Lipinski definition) is 3. The van der Waals surface area contributed by atoms with Crippen molar-refractivity contribution in [2.45, 2.75) is 17.1 Å². The fraction of sp³-hybridized carbons (Fsp3) is 0.118. The molecule has 140 valence electrons. The van der Waals surface area contributed by atoms with Crippen molar-refractivity contribution < 1.29 is 9.59 Å². The monoisotopic (exact) mass is 440 g/mol. The highest BCUT2D eigenvalue weighted by Crippen LogP contribution is 2.33. The lowest BCUT2D eigenvalue weighted by molar-refractivity contribution is -0.115. The molecule has 0 saturated carbocycles. The van der Waals surface area contributed by atoms with Crippen LogP contribution >= 0.6 is 46.3 Å². The van der Waals surface area contributed by atoms with E-state index in [4.69, 9.17) is 28.9 Å². The number of nitrogens with two attached hydrogens (primary N) is 1. The summed E-state index contributed by atoms with van der Waals surface area (Å²) in [5.74, 6) is -0.751. The number of carbonyl (C=O) groups is 2. The molecule has 3 rings (SSSR count). The second-order valence-corrected chi connectivity index (χ2v) is 8.61. The fourth-order valence-electron chi connectivity index (χ4n) is 2.17. The zero-order valence-electron chi connectivity index (χ0n) is 14.0. The van der Waals surface area contributed by atoms with Gasteiger partial charge in [-0.1, -0.05) is 23.2 Å². The maximum Gasteiger partial charge on any atom is 0.265 e. The predicted molar refractivity (Wildman–Crippen MR) is 111 cm³/mol. The molecule has 0 aliphatic heterocycles. The molecule has 1 aromatic carbocycles. The molecule has 1 unspecified atom stereocenters. The summed E-state index contributed by atoms with van der Waals surface area (Å²) in [4.78, 5) is 31.5. The van der Waals surface area contributed by atoms with Gasteiger partial charge in [-0.3, -0.25) is 9.59 Å². The molecule has 0 aliphatic rings. The Bertz CT molecular complexity index is 1000. The van der Waals surface area contributed by atoms with Gasteiger partial charge in [-0.25, -0.2) is 4.98 Å². The number of halogens is 2. The molecule has 0 fully saturated rings. The van der Waals surface area contributed by atoms with E-state index >= 15 is 0 Å². The van der Waals surface area contributed by atoms with E-state index in [2.05, 4.69) is 15.3 Å². The van der Waals surface area contributed by atoms with Crippen LogP contribution in [0.2, 0.25) is 10.0 Å². The molecule has 27 heavy (non-hydrogen) atoms. The number of hydrogen-bond acceptors (Lipinski definition) is 5. The van der Waals surface area contributed by atoms with Crippen LogP contribution in [0.15, 0.2) is 40.7 Å². The van der Waals surface area contributed by atoms with Gasteiger partial charge in [-0.2, -0.15) is 0 Å². The van der Waals surface area contributed by atoms with Gasteiger partial charge in [0.2, 0.25) is 5.91 Å². The molecule has 0 radical (unpaired) electrons. The molecule has 4 N–H and O–H groups in total. The van der Waals surface area contributed by atoms with E-state index in [0.29, 0.717) is 32.1 Å². The molecule has 0 aliphatic carbocycles. The SMILES string of the molecule is CC(Sc1cc(Cl)ccc1Cl)C(=O)Nc1nc(-c2c[nH]c(C(N)=O)c2)cs1. The quantitative estimate of drug-likeness (QED) is 0.484. The van der Waals surface area contributed by atoms with Crippen molar-refractivity contribution in [3.8, 4) is 11.3 Å². The molecular formula is C17H14Cl2N4O2S2. The van der Waals surface area contributed by atoms with Gasteiger partial charge in [-0.15, -0.1) is 23.1 Å². The number of anilines is 1. The van der Waals surface area contributed by atoms with Gasteiger partial charge < -0.3 is 16.0 Å². The summed E-state index contributed by atoms with van der Waals surface area (Å²) in [6.07, 6.45) is 1.64. The van der Waals surface area contributed by atoms with Crippen LogP contribution in [0.1, 0.15) is 17.4 Å². The molecule has 2 amide bonds. The van der Waals surface area contributed by atoms with Gasteiger partial charge in [0.15, 0.2) is 5.13 Å². The third-order valence-corrected chi connectivity index (χ3v) is 6.14. The highest BCUT2D eigenvalue weighted by Gasteiger charge is 2.18. The van der Waals surface area contributed by atoms with Crippen LogP contribution in [0, 0.1) is 0 Å². The van der Waals surface area contributed by atoms with Crippen molar-refractivity contribution in [1.82, 2.24) is 9.97 Å². The molecule has 0 spiro atoms. The predicted octanol–water partition coefficient (Wildman–Crippen LogP) is 4.66. The van der Waals surface area contributed by atoms with E-state index in [9.17, 15) is 9.59 Å². The lowest BCUT2D eigenvalue weighted by Crippen LogP contribution is -2.22. The van der Waals surface area contributed by atoms with Crippen LogP contribution in [0.5, 0.6) is 0 Å². The Kier molecular flexibility index (Phi) is 6.11. The topological polar surface area (TPSA) is 101 Å². The number of nitrogens with one attached hydrogen (secondary N) is 2. The zero-order chi connectivity index (χ0) is 19.6. The molecule has 1 atom stereocenters. The molecule has 10 heteroatoms. The van der Waals surface area contributed by atoms with E-state index in [1.807, 2.05) is 0 Å². The van der Waals surface area contributed by atoms with Crippen molar-refractivity contribution in [3.05, 3.63) is 51.6 Å². The van der Waals surface area contributed by atoms with Gasteiger partial charge in [-0.05, 0) is 31.2 Å².